The van der Waals surface area contributed by atoms with Gasteiger partial charge in [0.25, 0.3) is 0 Å². The Labute approximate surface area is 146 Å². The zero-order valence-electron chi connectivity index (χ0n) is 15.0. The lowest BCUT2D eigenvalue weighted by atomic mass is 9.93. The van der Waals surface area contributed by atoms with Gasteiger partial charge in [0.05, 0.1) is 0 Å². The van der Waals surface area contributed by atoms with Gasteiger partial charge in [-0.3, -0.25) is 0 Å². The van der Waals surface area contributed by atoms with Gasteiger partial charge in [0.2, 0.25) is 0 Å². The molecule has 1 aromatic carbocycles. The third-order valence-electron chi connectivity index (χ3n) is 5.16. The normalized spacial score (nSPS) is 17.6. The summed E-state index contributed by atoms with van der Waals surface area (Å²) in [5, 5.41) is 10.3. The Bertz CT molecular complexity index is 477. The Kier molecular flexibility index (Phi) is 7.77. The highest BCUT2D eigenvalue weighted by atomic mass is 16.6. The van der Waals surface area contributed by atoms with Gasteiger partial charge >= 0.3 is 5.97 Å². The second-order valence-corrected chi connectivity index (χ2v) is 7.14. The van der Waals surface area contributed by atoms with E-state index in [9.17, 15) is 9.90 Å². The molecule has 1 aliphatic carbocycles. The summed E-state index contributed by atoms with van der Waals surface area (Å²) < 4.78 is 5.85. The standard InChI is InChI=1S/C21H32O3/c1-2-3-4-5-6-10-15-21(16-11-12-17-21)24-20(23)19(22)18-13-8-7-9-14-18/h7-9,13-14,19,22H,2-6,10-12,15-17H2,1H3. The van der Waals surface area contributed by atoms with E-state index in [0.717, 1.165) is 38.5 Å². The molecule has 0 aliphatic heterocycles. The van der Waals surface area contributed by atoms with Crippen molar-refractivity contribution in [3.05, 3.63) is 35.9 Å². The molecule has 1 aromatic rings. The molecule has 1 N–H and O–H groups in total. The predicted octanol–water partition coefficient (Wildman–Crippen LogP) is 5.33. The average molecular weight is 332 g/mol. The van der Waals surface area contributed by atoms with Crippen LogP contribution in [0.3, 0.4) is 0 Å². The Morgan fingerprint density at radius 2 is 1.71 bits per heavy atom. The molecular formula is C21H32O3. The summed E-state index contributed by atoms with van der Waals surface area (Å²) in [5.74, 6) is -0.492. The van der Waals surface area contributed by atoms with Crippen molar-refractivity contribution < 1.29 is 14.6 Å². The van der Waals surface area contributed by atoms with Crippen molar-refractivity contribution in [3.63, 3.8) is 0 Å². The minimum absolute atomic E-state index is 0.336. The van der Waals surface area contributed by atoms with E-state index in [-0.39, 0.29) is 5.60 Å². The van der Waals surface area contributed by atoms with Crippen LogP contribution in [-0.2, 0) is 9.53 Å². The topological polar surface area (TPSA) is 46.5 Å². The van der Waals surface area contributed by atoms with Crippen molar-refractivity contribution in [1.82, 2.24) is 0 Å². The lowest BCUT2D eigenvalue weighted by Crippen LogP contribution is -2.34. The van der Waals surface area contributed by atoms with Crippen LogP contribution >= 0.6 is 0 Å². The molecule has 0 spiro atoms. The number of benzene rings is 1. The summed E-state index contributed by atoms with van der Waals surface area (Å²) in [6.45, 7) is 2.23. The van der Waals surface area contributed by atoms with Gasteiger partial charge in [-0.2, -0.15) is 0 Å². The van der Waals surface area contributed by atoms with E-state index in [1.165, 1.54) is 32.1 Å². The van der Waals surface area contributed by atoms with Crippen molar-refractivity contribution in [2.45, 2.75) is 89.3 Å². The maximum atomic E-state index is 12.4. The zero-order chi connectivity index (χ0) is 17.3. The molecule has 0 heterocycles. The van der Waals surface area contributed by atoms with E-state index in [1.54, 1.807) is 12.1 Å². The van der Waals surface area contributed by atoms with Crippen LogP contribution in [0.15, 0.2) is 30.3 Å². The van der Waals surface area contributed by atoms with Crippen molar-refractivity contribution in [2.75, 3.05) is 0 Å². The molecule has 0 saturated heterocycles. The molecule has 0 bridgehead atoms. The second-order valence-electron chi connectivity index (χ2n) is 7.14. The van der Waals surface area contributed by atoms with E-state index in [4.69, 9.17) is 4.74 Å². The Morgan fingerprint density at radius 1 is 1.08 bits per heavy atom. The number of carbonyl (C=O) groups is 1. The van der Waals surface area contributed by atoms with Crippen LogP contribution in [0.4, 0.5) is 0 Å². The first-order valence-corrected chi connectivity index (χ1v) is 9.63. The van der Waals surface area contributed by atoms with Crippen LogP contribution in [0, 0.1) is 0 Å². The number of hydrogen-bond donors (Lipinski definition) is 1. The van der Waals surface area contributed by atoms with Crippen molar-refractivity contribution in [1.29, 1.82) is 0 Å². The van der Waals surface area contributed by atoms with Gasteiger partial charge in [0.15, 0.2) is 6.10 Å². The summed E-state index contributed by atoms with van der Waals surface area (Å²) in [6, 6.07) is 9.06. The summed E-state index contributed by atoms with van der Waals surface area (Å²) in [5.41, 5.74) is 0.271. The Hall–Kier alpha value is -1.35. The van der Waals surface area contributed by atoms with Crippen molar-refractivity contribution in [3.8, 4) is 0 Å². The fourth-order valence-electron chi connectivity index (χ4n) is 3.69. The molecule has 1 unspecified atom stereocenters. The van der Waals surface area contributed by atoms with E-state index >= 15 is 0 Å². The van der Waals surface area contributed by atoms with Gasteiger partial charge in [0.1, 0.15) is 5.60 Å². The van der Waals surface area contributed by atoms with Crippen molar-refractivity contribution >= 4 is 5.97 Å². The number of rotatable bonds is 10. The van der Waals surface area contributed by atoms with E-state index in [0.29, 0.717) is 5.56 Å². The fraction of sp³-hybridized carbons (Fsp3) is 0.667. The van der Waals surface area contributed by atoms with Crippen LogP contribution in [0.25, 0.3) is 0 Å². The monoisotopic (exact) mass is 332 g/mol. The van der Waals surface area contributed by atoms with Gasteiger partial charge in [-0.15, -0.1) is 0 Å². The van der Waals surface area contributed by atoms with Crippen LogP contribution in [-0.4, -0.2) is 16.7 Å². The molecule has 0 amide bonds. The fourth-order valence-corrected chi connectivity index (χ4v) is 3.69. The molecule has 3 heteroatoms. The number of esters is 1. The lowest BCUT2D eigenvalue weighted by Gasteiger charge is -2.30. The number of ether oxygens (including phenoxy) is 1. The molecule has 0 radical (unpaired) electrons. The SMILES string of the molecule is CCCCCCCCC1(OC(=O)C(O)c2ccccc2)CCCC1. The molecule has 134 valence electrons. The van der Waals surface area contributed by atoms with Crippen LogP contribution in [0.2, 0.25) is 0 Å². The Morgan fingerprint density at radius 3 is 2.38 bits per heavy atom. The van der Waals surface area contributed by atoms with Gasteiger partial charge in [0, 0.05) is 0 Å². The summed E-state index contributed by atoms with van der Waals surface area (Å²) >= 11 is 0. The number of aliphatic hydroxyl groups is 1. The van der Waals surface area contributed by atoms with Crippen molar-refractivity contribution in [2.24, 2.45) is 0 Å². The highest BCUT2D eigenvalue weighted by Crippen LogP contribution is 2.38. The first-order valence-electron chi connectivity index (χ1n) is 9.63. The maximum absolute atomic E-state index is 12.4. The van der Waals surface area contributed by atoms with Gasteiger partial charge < -0.3 is 9.84 Å². The molecule has 1 atom stereocenters. The largest absolute Gasteiger partial charge is 0.457 e. The first-order chi connectivity index (χ1) is 11.7. The smallest absolute Gasteiger partial charge is 0.340 e. The summed E-state index contributed by atoms with van der Waals surface area (Å²) in [4.78, 5) is 12.4. The Balaban J connectivity index is 1.84. The third-order valence-corrected chi connectivity index (χ3v) is 5.16. The third kappa shape index (κ3) is 5.62. The van der Waals surface area contributed by atoms with Gasteiger partial charge in [-0.1, -0.05) is 69.4 Å². The maximum Gasteiger partial charge on any atom is 0.340 e. The van der Waals surface area contributed by atoms with Gasteiger partial charge in [-0.25, -0.2) is 4.79 Å². The zero-order valence-corrected chi connectivity index (χ0v) is 15.0. The van der Waals surface area contributed by atoms with Gasteiger partial charge in [-0.05, 0) is 44.1 Å². The van der Waals surface area contributed by atoms with Crippen LogP contribution in [0.1, 0.15) is 89.2 Å². The van der Waals surface area contributed by atoms with E-state index in [2.05, 4.69) is 6.92 Å². The average Bonchev–Trinajstić information content (AvgIpc) is 3.06. The van der Waals surface area contributed by atoms with E-state index < -0.39 is 12.1 Å². The minimum Gasteiger partial charge on any atom is -0.457 e. The molecule has 1 fully saturated rings. The molecule has 0 aromatic heterocycles. The molecule has 3 nitrogen and oxygen atoms in total. The van der Waals surface area contributed by atoms with Crippen LogP contribution < -0.4 is 0 Å². The highest BCUT2D eigenvalue weighted by Gasteiger charge is 2.38. The molecule has 1 aliphatic rings. The molecule has 2 rings (SSSR count). The van der Waals surface area contributed by atoms with E-state index in [1.807, 2.05) is 18.2 Å². The summed E-state index contributed by atoms with van der Waals surface area (Å²) in [6.07, 6.45) is 11.3. The second kappa shape index (κ2) is 9.83. The number of hydrogen-bond acceptors (Lipinski definition) is 3. The lowest BCUT2D eigenvalue weighted by molar-refractivity contribution is -0.170. The highest BCUT2D eigenvalue weighted by molar-refractivity contribution is 5.76. The van der Waals surface area contributed by atoms with Crippen LogP contribution in [0.5, 0.6) is 0 Å². The first kappa shape index (κ1) is 19.0. The summed E-state index contributed by atoms with van der Waals surface area (Å²) in [7, 11) is 0. The number of unbranched alkanes of at least 4 members (excludes halogenated alkanes) is 5. The molecular weight excluding hydrogens is 300 g/mol. The molecule has 1 saturated carbocycles. The predicted molar refractivity (Wildman–Crippen MR) is 96.7 cm³/mol. The quantitative estimate of drug-likeness (QED) is 0.465. The number of aliphatic hydroxyl groups excluding tert-OH is 1. The number of carbonyl (C=O) groups excluding carboxylic acids is 1. The minimum atomic E-state index is -1.17. The molecule has 24 heavy (non-hydrogen) atoms.